The summed E-state index contributed by atoms with van der Waals surface area (Å²) in [4.78, 5) is 16.0. The van der Waals surface area contributed by atoms with Gasteiger partial charge in [-0.1, -0.05) is 13.3 Å². The Labute approximate surface area is 120 Å². The van der Waals surface area contributed by atoms with Gasteiger partial charge in [0.1, 0.15) is 11.4 Å². The Hall–Kier alpha value is -1.36. The molecule has 2 rings (SSSR count). The molecule has 1 aliphatic rings. The van der Waals surface area contributed by atoms with Crippen molar-refractivity contribution < 1.29 is 9.90 Å². The normalized spacial score (nSPS) is 26.0. The van der Waals surface area contributed by atoms with Gasteiger partial charge in [-0.05, 0) is 45.1 Å². The van der Waals surface area contributed by atoms with Crippen molar-refractivity contribution in [2.75, 3.05) is 6.54 Å². The third kappa shape index (κ3) is 2.87. The fourth-order valence-electron chi connectivity index (χ4n) is 3.34. The van der Waals surface area contributed by atoms with E-state index in [9.17, 15) is 9.90 Å². The molecule has 0 spiro atoms. The highest BCUT2D eigenvalue weighted by Gasteiger charge is 2.48. The van der Waals surface area contributed by atoms with Crippen LogP contribution in [-0.2, 0) is 11.3 Å². The lowest BCUT2D eigenvalue weighted by atomic mass is 9.84. The van der Waals surface area contributed by atoms with E-state index in [2.05, 4.69) is 21.8 Å². The molecular formula is C15H25N3O2. The predicted octanol–water partition coefficient (Wildman–Crippen LogP) is 2.20. The fourth-order valence-corrected chi connectivity index (χ4v) is 3.34. The topological polar surface area (TPSA) is 67.2 Å². The largest absolute Gasteiger partial charge is 0.480 e. The van der Waals surface area contributed by atoms with E-state index < -0.39 is 11.5 Å². The van der Waals surface area contributed by atoms with Gasteiger partial charge in [-0.25, -0.2) is 4.98 Å². The summed E-state index contributed by atoms with van der Waals surface area (Å²) in [5.41, 5.74) is -0.718. The Bertz CT molecular complexity index is 458. The van der Waals surface area contributed by atoms with Crippen LogP contribution in [0.4, 0.5) is 0 Å². The van der Waals surface area contributed by atoms with Gasteiger partial charge in [-0.2, -0.15) is 0 Å². The summed E-state index contributed by atoms with van der Waals surface area (Å²) in [5.74, 6) is 0.509. The van der Waals surface area contributed by atoms with Crippen LogP contribution in [0.3, 0.4) is 0 Å². The van der Waals surface area contributed by atoms with Crippen molar-refractivity contribution in [3.05, 3.63) is 18.2 Å². The first-order valence-corrected chi connectivity index (χ1v) is 7.56. The van der Waals surface area contributed by atoms with Gasteiger partial charge in [0.2, 0.25) is 0 Å². The molecule has 0 bridgehead atoms. The van der Waals surface area contributed by atoms with Crippen molar-refractivity contribution in [1.82, 2.24) is 14.9 Å². The number of aryl methyl sites for hydroxylation is 2. The lowest BCUT2D eigenvalue weighted by molar-refractivity contribution is -0.146. The molecule has 1 fully saturated rings. The van der Waals surface area contributed by atoms with E-state index in [0.717, 1.165) is 51.0 Å². The lowest BCUT2D eigenvalue weighted by Gasteiger charge is -2.32. The first kappa shape index (κ1) is 15.0. The Balaban J connectivity index is 2.04. The summed E-state index contributed by atoms with van der Waals surface area (Å²) < 4.78 is 2.10. The zero-order valence-corrected chi connectivity index (χ0v) is 12.4. The number of carbonyl (C=O) groups is 1. The highest BCUT2D eigenvalue weighted by Crippen LogP contribution is 2.38. The maximum absolute atomic E-state index is 11.8. The predicted molar refractivity (Wildman–Crippen MR) is 77.6 cm³/mol. The second-order valence-corrected chi connectivity index (χ2v) is 5.75. The third-order valence-electron chi connectivity index (χ3n) is 4.53. The Morgan fingerprint density at radius 1 is 1.65 bits per heavy atom. The summed E-state index contributed by atoms with van der Waals surface area (Å²) >= 11 is 0. The Morgan fingerprint density at radius 2 is 2.45 bits per heavy atom. The van der Waals surface area contributed by atoms with Crippen LogP contribution in [0, 0.1) is 12.8 Å². The molecule has 0 amide bonds. The SMILES string of the molecule is CCCNC1(C(=O)O)CCCC1CCn1ccnc1C. The van der Waals surface area contributed by atoms with E-state index in [1.165, 1.54) is 0 Å². The van der Waals surface area contributed by atoms with Crippen LogP contribution in [-0.4, -0.2) is 32.7 Å². The van der Waals surface area contributed by atoms with Crippen LogP contribution in [0.15, 0.2) is 12.4 Å². The molecule has 0 aliphatic heterocycles. The van der Waals surface area contributed by atoms with E-state index in [0.29, 0.717) is 0 Å². The van der Waals surface area contributed by atoms with Crippen molar-refractivity contribution in [3.63, 3.8) is 0 Å². The van der Waals surface area contributed by atoms with Crippen molar-refractivity contribution in [2.45, 2.75) is 58.0 Å². The maximum Gasteiger partial charge on any atom is 0.324 e. The van der Waals surface area contributed by atoms with Crippen LogP contribution in [0.25, 0.3) is 0 Å². The molecule has 1 aromatic heterocycles. The molecular weight excluding hydrogens is 254 g/mol. The number of imidazole rings is 1. The Kier molecular flexibility index (Phi) is 4.81. The van der Waals surface area contributed by atoms with Gasteiger partial charge in [0.25, 0.3) is 0 Å². The summed E-state index contributed by atoms with van der Waals surface area (Å²) in [7, 11) is 0. The van der Waals surface area contributed by atoms with E-state index in [1.807, 2.05) is 13.1 Å². The Morgan fingerprint density at radius 3 is 3.05 bits per heavy atom. The maximum atomic E-state index is 11.8. The summed E-state index contributed by atoms with van der Waals surface area (Å²) in [6.45, 7) is 5.67. The van der Waals surface area contributed by atoms with E-state index in [1.54, 1.807) is 6.20 Å². The number of aromatic nitrogens is 2. The molecule has 20 heavy (non-hydrogen) atoms. The molecule has 1 saturated carbocycles. The zero-order valence-electron chi connectivity index (χ0n) is 12.4. The van der Waals surface area contributed by atoms with E-state index in [-0.39, 0.29) is 5.92 Å². The van der Waals surface area contributed by atoms with E-state index in [4.69, 9.17) is 0 Å². The van der Waals surface area contributed by atoms with Gasteiger partial charge < -0.3 is 15.0 Å². The molecule has 5 nitrogen and oxygen atoms in total. The summed E-state index contributed by atoms with van der Waals surface area (Å²) in [6.07, 6.45) is 8.35. The molecule has 2 unspecified atom stereocenters. The van der Waals surface area contributed by atoms with Crippen LogP contribution >= 0.6 is 0 Å². The van der Waals surface area contributed by atoms with Crippen molar-refractivity contribution >= 4 is 5.97 Å². The van der Waals surface area contributed by atoms with E-state index >= 15 is 0 Å². The lowest BCUT2D eigenvalue weighted by Crippen LogP contribution is -2.55. The molecule has 5 heteroatoms. The summed E-state index contributed by atoms with van der Waals surface area (Å²) in [5, 5.41) is 13.0. The minimum atomic E-state index is -0.718. The first-order chi connectivity index (χ1) is 9.60. The molecule has 2 N–H and O–H groups in total. The monoisotopic (exact) mass is 279 g/mol. The third-order valence-corrected chi connectivity index (χ3v) is 4.53. The number of hydrogen-bond donors (Lipinski definition) is 2. The zero-order chi connectivity index (χ0) is 14.6. The van der Waals surface area contributed by atoms with Crippen molar-refractivity contribution in [2.24, 2.45) is 5.92 Å². The highest BCUT2D eigenvalue weighted by atomic mass is 16.4. The number of carboxylic acid groups (broad SMARTS) is 1. The molecule has 0 saturated heterocycles. The fraction of sp³-hybridized carbons (Fsp3) is 0.733. The van der Waals surface area contributed by atoms with Gasteiger partial charge in [0.05, 0.1) is 0 Å². The number of carboxylic acids is 1. The van der Waals surface area contributed by atoms with Crippen LogP contribution in [0.2, 0.25) is 0 Å². The number of aliphatic carboxylic acids is 1. The number of nitrogens with zero attached hydrogens (tertiary/aromatic N) is 2. The minimum Gasteiger partial charge on any atom is -0.480 e. The first-order valence-electron chi connectivity index (χ1n) is 7.56. The summed E-state index contributed by atoms with van der Waals surface area (Å²) in [6, 6.07) is 0. The standard InChI is InChI=1S/C15H25N3O2/c1-3-8-17-15(14(19)20)7-4-5-13(15)6-10-18-11-9-16-12(18)2/h9,11,13,17H,3-8,10H2,1-2H3,(H,19,20). The molecule has 1 aliphatic carbocycles. The highest BCUT2D eigenvalue weighted by molar-refractivity contribution is 5.79. The van der Waals surface area contributed by atoms with Crippen molar-refractivity contribution in [3.8, 4) is 0 Å². The van der Waals surface area contributed by atoms with Crippen LogP contribution < -0.4 is 5.32 Å². The molecule has 0 aromatic carbocycles. The molecule has 0 radical (unpaired) electrons. The average molecular weight is 279 g/mol. The number of nitrogens with one attached hydrogen (secondary N) is 1. The van der Waals surface area contributed by atoms with Crippen LogP contribution in [0.5, 0.6) is 0 Å². The smallest absolute Gasteiger partial charge is 0.324 e. The number of rotatable bonds is 7. The van der Waals surface area contributed by atoms with Crippen LogP contribution in [0.1, 0.15) is 44.9 Å². The quantitative estimate of drug-likeness (QED) is 0.803. The van der Waals surface area contributed by atoms with Crippen molar-refractivity contribution in [1.29, 1.82) is 0 Å². The molecule has 1 heterocycles. The minimum absolute atomic E-state index is 0.202. The average Bonchev–Trinajstić information content (AvgIpc) is 3.01. The second-order valence-electron chi connectivity index (χ2n) is 5.75. The van der Waals surface area contributed by atoms with Gasteiger partial charge in [0.15, 0.2) is 0 Å². The van der Waals surface area contributed by atoms with Gasteiger partial charge in [-0.3, -0.25) is 4.79 Å². The van der Waals surface area contributed by atoms with Gasteiger partial charge in [0, 0.05) is 18.9 Å². The van der Waals surface area contributed by atoms with Gasteiger partial charge in [-0.15, -0.1) is 0 Å². The second kappa shape index (κ2) is 6.39. The molecule has 2 atom stereocenters. The number of hydrogen-bond acceptors (Lipinski definition) is 3. The molecule has 112 valence electrons. The molecule has 1 aromatic rings. The van der Waals surface area contributed by atoms with Gasteiger partial charge >= 0.3 is 5.97 Å².